The Labute approximate surface area is 107 Å². The first-order valence-corrected chi connectivity index (χ1v) is 5.57. The Morgan fingerprint density at radius 3 is 2.79 bits per heavy atom. The van der Waals surface area contributed by atoms with Crippen LogP contribution in [0.5, 0.6) is 0 Å². The Kier molecular flexibility index (Phi) is 3.75. The lowest BCUT2D eigenvalue weighted by molar-refractivity contribution is -0.147. The highest BCUT2D eigenvalue weighted by Gasteiger charge is 2.34. The second-order valence-corrected chi connectivity index (χ2v) is 4.05. The van der Waals surface area contributed by atoms with E-state index in [1.54, 1.807) is 0 Å². The number of benzene rings is 1. The molecular weight excluding hydrogens is 260 g/mol. The Hall–Kier alpha value is -2.02. The number of hydrogen-bond acceptors (Lipinski definition) is 3. The summed E-state index contributed by atoms with van der Waals surface area (Å²) < 4.78 is 31.5. The average molecular weight is 271 g/mol. The van der Waals surface area contributed by atoms with Gasteiger partial charge in [0.05, 0.1) is 18.8 Å². The largest absolute Gasteiger partial charge is 0.480 e. The summed E-state index contributed by atoms with van der Waals surface area (Å²) in [6.07, 6.45) is 0. The number of hydrogen-bond donors (Lipinski definition) is 1. The van der Waals surface area contributed by atoms with Gasteiger partial charge in [0.2, 0.25) is 0 Å². The molecule has 0 spiro atoms. The molecule has 1 aromatic carbocycles. The van der Waals surface area contributed by atoms with E-state index >= 15 is 0 Å². The molecule has 0 radical (unpaired) electrons. The van der Waals surface area contributed by atoms with Crippen molar-refractivity contribution in [2.45, 2.75) is 6.04 Å². The van der Waals surface area contributed by atoms with E-state index in [0.29, 0.717) is 0 Å². The molecule has 102 valence electrons. The summed E-state index contributed by atoms with van der Waals surface area (Å²) in [5.41, 5.74) is -0.479. The number of rotatable bonds is 2. The van der Waals surface area contributed by atoms with Crippen LogP contribution >= 0.6 is 0 Å². The molecule has 0 saturated carbocycles. The number of amides is 1. The molecule has 1 aliphatic heterocycles. The van der Waals surface area contributed by atoms with Gasteiger partial charge in [-0.3, -0.25) is 4.79 Å². The quantitative estimate of drug-likeness (QED) is 0.867. The molecule has 19 heavy (non-hydrogen) atoms. The van der Waals surface area contributed by atoms with E-state index in [1.807, 2.05) is 0 Å². The van der Waals surface area contributed by atoms with Gasteiger partial charge in [-0.1, -0.05) is 0 Å². The third kappa shape index (κ3) is 2.70. The monoisotopic (exact) mass is 271 g/mol. The fraction of sp³-hybridized carbons (Fsp3) is 0.333. The molecule has 1 N–H and O–H groups in total. The summed E-state index contributed by atoms with van der Waals surface area (Å²) in [4.78, 5) is 24.1. The molecule has 1 saturated heterocycles. The van der Waals surface area contributed by atoms with Gasteiger partial charge in [0.15, 0.2) is 6.04 Å². The molecule has 0 aliphatic carbocycles. The van der Waals surface area contributed by atoms with Crippen molar-refractivity contribution < 1.29 is 28.2 Å². The van der Waals surface area contributed by atoms with Crippen LogP contribution in [0, 0.1) is 11.6 Å². The summed E-state index contributed by atoms with van der Waals surface area (Å²) in [5, 5.41) is 8.99. The average Bonchev–Trinajstić information content (AvgIpc) is 2.40. The Morgan fingerprint density at radius 1 is 1.37 bits per heavy atom. The Balaban J connectivity index is 2.31. The number of halogens is 2. The SMILES string of the molecule is O=C(O)[C@H]1COCCN1C(=O)c1cc(F)ccc1F. The molecule has 1 aromatic rings. The van der Waals surface area contributed by atoms with Crippen molar-refractivity contribution in [3.8, 4) is 0 Å². The number of ether oxygens (including phenoxy) is 1. The van der Waals surface area contributed by atoms with Crippen molar-refractivity contribution in [3.63, 3.8) is 0 Å². The van der Waals surface area contributed by atoms with Crippen LogP contribution in [0.15, 0.2) is 18.2 Å². The molecule has 2 rings (SSSR count). The molecule has 1 heterocycles. The minimum absolute atomic E-state index is 0.0196. The topological polar surface area (TPSA) is 66.8 Å². The Bertz CT molecular complexity index is 520. The van der Waals surface area contributed by atoms with Gasteiger partial charge in [0, 0.05) is 6.54 Å². The molecule has 0 bridgehead atoms. The van der Waals surface area contributed by atoms with E-state index < -0.39 is 35.1 Å². The Morgan fingerprint density at radius 2 is 2.11 bits per heavy atom. The number of aliphatic carboxylic acids is 1. The van der Waals surface area contributed by atoms with Gasteiger partial charge >= 0.3 is 5.97 Å². The first-order valence-electron chi connectivity index (χ1n) is 5.57. The van der Waals surface area contributed by atoms with Crippen molar-refractivity contribution in [1.29, 1.82) is 0 Å². The van der Waals surface area contributed by atoms with Crippen LogP contribution in [-0.2, 0) is 9.53 Å². The zero-order chi connectivity index (χ0) is 14.0. The summed E-state index contributed by atoms with van der Waals surface area (Å²) >= 11 is 0. The maximum atomic E-state index is 13.5. The standard InChI is InChI=1S/C12H11F2NO4/c13-7-1-2-9(14)8(5-7)11(16)15-3-4-19-6-10(15)12(17)18/h1-2,5,10H,3-4,6H2,(H,17,18)/t10-/m1/s1. The lowest BCUT2D eigenvalue weighted by atomic mass is 10.1. The van der Waals surface area contributed by atoms with Gasteiger partial charge in [-0.05, 0) is 18.2 Å². The molecule has 0 aromatic heterocycles. The molecule has 5 nitrogen and oxygen atoms in total. The van der Waals surface area contributed by atoms with Gasteiger partial charge < -0.3 is 14.7 Å². The lowest BCUT2D eigenvalue weighted by Crippen LogP contribution is -2.52. The number of carbonyl (C=O) groups is 2. The fourth-order valence-corrected chi connectivity index (χ4v) is 1.87. The summed E-state index contributed by atoms with van der Waals surface area (Å²) in [5.74, 6) is -3.75. The van der Waals surface area contributed by atoms with Gasteiger partial charge in [-0.25, -0.2) is 13.6 Å². The number of carbonyl (C=O) groups excluding carboxylic acids is 1. The predicted molar refractivity (Wildman–Crippen MR) is 59.6 cm³/mol. The van der Waals surface area contributed by atoms with E-state index in [0.717, 1.165) is 23.1 Å². The predicted octanol–water partition coefficient (Wildman–Crippen LogP) is 0.890. The molecule has 1 atom stereocenters. The second kappa shape index (κ2) is 5.31. The fourth-order valence-electron chi connectivity index (χ4n) is 1.87. The third-order valence-electron chi connectivity index (χ3n) is 2.83. The molecule has 1 fully saturated rings. The number of nitrogens with zero attached hydrogens (tertiary/aromatic N) is 1. The van der Waals surface area contributed by atoms with Crippen LogP contribution in [0.25, 0.3) is 0 Å². The molecule has 7 heteroatoms. The maximum Gasteiger partial charge on any atom is 0.328 e. The van der Waals surface area contributed by atoms with Crippen molar-refractivity contribution in [1.82, 2.24) is 4.90 Å². The zero-order valence-electron chi connectivity index (χ0n) is 9.81. The van der Waals surface area contributed by atoms with Gasteiger partial charge in [-0.15, -0.1) is 0 Å². The van der Waals surface area contributed by atoms with E-state index in [4.69, 9.17) is 9.84 Å². The van der Waals surface area contributed by atoms with Crippen LogP contribution in [0.4, 0.5) is 8.78 Å². The summed E-state index contributed by atoms with van der Waals surface area (Å²) in [6, 6.07) is 1.29. The smallest absolute Gasteiger partial charge is 0.328 e. The van der Waals surface area contributed by atoms with Crippen molar-refractivity contribution in [2.75, 3.05) is 19.8 Å². The van der Waals surface area contributed by atoms with Crippen LogP contribution in [0.1, 0.15) is 10.4 Å². The van der Waals surface area contributed by atoms with E-state index in [-0.39, 0.29) is 19.8 Å². The molecule has 0 unspecified atom stereocenters. The van der Waals surface area contributed by atoms with Crippen molar-refractivity contribution in [2.24, 2.45) is 0 Å². The highest BCUT2D eigenvalue weighted by atomic mass is 19.1. The first-order chi connectivity index (χ1) is 9.00. The number of carboxylic acids is 1. The van der Waals surface area contributed by atoms with Crippen LogP contribution in [-0.4, -0.2) is 47.7 Å². The molecule has 1 amide bonds. The number of carboxylic acid groups (broad SMARTS) is 1. The van der Waals surface area contributed by atoms with Crippen LogP contribution < -0.4 is 0 Å². The molecule has 1 aliphatic rings. The second-order valence-electron chi connectivity index (χ2n) is 4.05. The minimum Gasteiger partial charge on any atom is -0.480 e. The van der Waals surface area contributed by atoms with Gasteiger partial charge in [0.1, 0.15) is 11.6 Å². The maximum absolute atomic E-state index is 13.5. The van der Waals surface area contributed by atoms with Crippen LogP contribution in [0.2, 0.25) is 0 Å². The van der Waals surface area contributed by atoms with E-state index in [1.165, 1.54) is 0 Å². The van der Waals surface area contributed by atoms with Crippen LogP contribution in [0.3, 0.4) is 0 Å². The first kappa shape index (κ1) is 13.4. The highest BCUT2D eigenvalue weighted by Crippen LogP contribution is 2.16. The number of morpholine rings is 1. The minimum atomic E-state index is -1.25. The van der Waals surface area contributed by atoms with Gasteiger partial charge in [0.25, 0.3) is 5.91 Å². The van der Waals surface area contributed by atoms with Gasteiger partial charge in [-0.2, -0.15) is 0 Å². The third-order valence-corrected chi connectivity index (χ3v) is 2.83. The van der Waals surface area contributed by atoms with Crippen molar-refractivity contribution >= 4 is 11.9 Å². The lowest BCUT2D eigenvalue weighted by Gasteiger charge is -2.32. The van der Waals surface area contributed by atoms with E-state index in [2.05, 4.69) is 0 Å². The summed E-state index contributed by atoms with van der Waals surface area (Å²) in [7, 11) is 0. The normalized spacial score (nSPS) is 19.3. The highest BCUT2D eigenvalue weighted by molar-refractivity contribution is 5.97. The van der Waals surface area contributed by atoms with Crippen molar-refractivity contribution in [3.05, 3.63) is 35.4 Å². The molecular formula is C12H11F2NO4. The zero-order valence-corrected chi connectivity index (χ0v) is 9.81. The summed E-state index contributed by atoms with van der Waals surface area (Å²) in [6.45, 7) is 0.0101. The van der Waals surface area contributed by atoms with E-state index in [9.17, 15) is 18.4 Å².